The van der Waals surface area contributed by atoms with E-state index in [9.17, 15) is 9.18 Å². The molecule has 0 saturated carbocycles. The number of benzene rings is 1. The quantitative estimate of drug-likeness (QED) is 0.485. The van der Waals surface area contributed by atoms with E-state index < -0.39 is 11.8 Å². The van der Waals surface area contributed by atoms with Crippen LogP contribution >= 0.6 is 11.6 Å². The van der Waals surface area contributed by atoms with Crippen LogP contribution in [0.2, 0.25) is 5.02 Å². The lowest BCUT2D eigenvalue weighted by Gasteiger charge is -2.06. The van der Waals surface area contributed by atoms with Crippen LogP contribution in [0.1, 0.15) is 21.8 Å². The van der Waals surface area contributed by atoms with E-state index in [2.05, 4.69) is 10.1 Å². The van der Waals surface area contributed by atoms with Crippen molar-refractivity contribution < 1.29 is 18.4 Å². The van der Waals surface area contributed by atoms with Crippen LogP contribution in [0.5, 0.6) is 0 Å². The third-order valence-electron chi connectivity index (χ3n) is 4.03. The van der Waals surface area contributed by atoms with E-state index in [4.69, 9.17) is 20.9 Å². The number of carbonyl (C=O) groups is 1. The molecule has 136 valence electrons. The number of pyridine rings is 1. The predicted molar refractivity (Wildman–Crippen MR) is 96.0 cm³/mol. The van der Waals surface area contributed by atoms with Gasteiger partial charge in [0.2, 0.25) is 0 Å². The van der Waals surface area contributed by atoms with Crippen molar-refractivity contribution in [3.63, 3.8) is 0 Å². The average molecular weight is 386 g/mol. The Morgan fingerprint density at radius 2 is 2.15 bits per heavy atom. The van der Waals surface area contributed by atoms with Gasteiger partial charge in [0.1, 0.15) is 35.1 Å². The van der Waals surface area contributed by atoms with Crippen LogP contribution in [0.25, 0.3) is 16.9 Å². The lowest BCUT2D eigenvalue weighted by molar-refractivity contribution is 0.0467. The van der Waals surface area contributed by atoms with Crippen LogP contribution in [0.3, 0.4) is 0 Å². The summed E-state index contributed by atoms with van der Waals surface area (Å²) < 4.78 is 26.5. The second-order valence-corrected chi connectivity index (χ2v) is 6.24. The second kappa shape index (κ2) is 6.85. The maximum atomic E-state index is 14.2. The van der Waals surface area contributed by atoms with Crippen molar-refractivity contribution in [2.45, 2.75) is 13.5 Å². The number of esters is 1. The normalized spacial score (nSPS) is 11.1. The van der Waals surface area contributed by atoms with Gasteiger partial charge in [-0.1, -0.05) is 28.9 Å². The third kappa shape index (κ3) is 3.17. The van der Waals surface area contributed by atoms with Gasteiger partial charge in [0.05, 0.1) is 16.3 Å². The van der Waals surface area contributed by atoms with E-state index >= 15 is 0 Å². The molecule has 0 N–H and O–H groups in total. The largest absolute Gasteiger partial charge is 0.455 e. The first-order valence-electron chi connectivity index (χ1n) is 8.05. The highest BCUT2D eigenvalue weighted by molar-refractivity contribution is 6.33. The topological polar surface area (TPSA) is 69.6 Å². The molecule has 8 heteroatoms. The zero-order valence-corrected chi connectivity index (χ0v) is 14.9. The van der Waals surface area contributed by atoms with Gasteiger partial charge in [0, 0.05) is 12.4 Å². The minimum absolute atomic E-state index is 0.00398. The van der Waals surface area contributed by atoms with Gasteiger partial charge in [0.25, 0.3) is 0 Å². The molecule has 0 aliphatic carbocycles. The molecule has 0 radical (unpaired) electrons. The van der Waals surface area contributed by atoms with Gasteiger partial charge in [-0.05, 0) is 31.2 Å². The number of nitrogens with zero attached hydrogens (tertiary/aromatic N) is 3. The fourth-order valence-electron chi connectivity index (χ4n) is 2.78. The number of hydrogen-bond donors (Lipinski definition) is 0. The molecule has 0 saturated heterocycles. The Kier molecular flexibility index (Phi) is 4.37. The molecule has 0 aliphatic rings. The lowest BCUT2D eigenvalue weighted by atomic mass is 10.1. The molecule has 0 amide bonds. The molecule has 0 atom stereocenters. The van der Waals surface area contributed by atoms with Gasteiger partial charge in [-0.25, -0.2) is 14.2 Å². The number of hydrogen-bond acceptors (Lipinski definition) is 5. The molecule has 0 aliphatic heterocycles. The summed E-state index contributed by atoms with van der Waals surface area (Å²) in [4.78, 5) is 17.0. The number of ether oxygens (including phenoxy) is 1. The van der Waals surface area contributed by atoms with Crippen molar-refractivity contribution in [1.82, 2.24) is 14.5 Å². The molecule has 27 heavy (non-hydrogen) atoms. The van der Waals surface area contributed by atoms with Gasteiger partial charge < -0.3 is 13.7 Å². The smallest absolute Gasteiger partial charge is 0.344 e. The summed E-state index contributed by atoms with van der Waals surface area (Å²) in [5, 5.41) is 3.92. The van der Waals surface area contributed by atoms with Crippen LogP contribution in [0.4, 0.5) is 4.39 Å². The molecular weight excluding hydrogens is 373 g/mol. The Labute approximate surface area is 158 Å². The number of carbonyl (C=O) groups excluding carboxylic acids is 1. The van der Waals surface area contributed by atoms with Crippen LogP contribution in [0, 0.1) is 12.7 Å². The summed E-state index contributed by atoms with van der Waals surface area (Å²) in [5.41, 5.74) is 1.36. The molecule has 0 spiro atoms. The number of rotatable bonds is 4. The van der Waals surface area contributed by atoms with Gasteiger partial charge >= 0.3 is 5.97 Å². The van der Waals surface area contributed by atoms with E-state index in [-0.39, 0.29) is 34.2 Å². The van der Waals surface area contributed by atoms with Gasteiger partial charge in [0.15, 0.2) is 0 Å². The predicted octanol–water partition coefficient (Wildman–Crippen LogP) is 4.45. The van der Waals surface area contributed by atoms with Crippen molar-refractivity contribution in [1.29, 1.82) is 0 Å². The average Bonchev–Trinajstić information content (AvgIpc) is 3.23. The Morgan fingerprint density at radius 1 is 1.30 bits per heavy atom. The Morgan fingerprint density at radius 3 is 2.93 bits per heavy atom. The van der Waals surface area contributed by atoms with Crippen LogP contribution < -0.4 is 0 Å². The van der Waals surface area contributed by atoms with Gasteiger partial charge in [-0.2, -0.15) is 0 Å². The lowest BCUT2D eigenvalue weighted by Crippen LogP contribution is -2.08. The number of imidazole rings is 1. The van der Waals surface area contributed by atoms with Crippen LogP contribution in [-0.4, -0.2) is 20.5 Å². The maximum Gasteiger partial charge on any atom is 0.344 e. The molecule has 4 rings (SSSR count). The van der Waals surface area contributed by atoms with Crippen molar-refractivity contribution in [3.05, 3.63) is 76.6 Å². The molecule has 3 heterocycles. The summed E-state index contributed by atoms with van der Waals surface area (Å²) >= 11 is 6.08. The first-order chi connectivity index (χ1) is 13.0. The van der Waals surface area contributed by atoms with E-state index in [1.54, 1.807) is 13.1 Å². The zero-order chi connectivity index (χ0) is 19.0. The molecule has 6 nitrogen and oxygen atoms in total. The Balaban J connectivity index is 1.62. The Hall–Kier alpha value is -3.19. The third-order valence-corrected chi connectivity index (χ3v) is 4.35. The first-order valence-corrected chi connectivity index (χ1v) is 8.43. The molecule has 0 unspecified atom stereocenters. The van der Waals surface area contributed by atoms with E-state index in [0.717, 1.165) is 5.65 Å². The second-order valence-electron chi connectivity index (χ2n) is 5.83. The van der Waals surface area contributed by atoms with Crippen molar-refractivity contribution in [3.8, 4) is 11.3 Å². The molecule has 3 aromatic heterocycles. The number of aryl methyl sites for hydroxylation is 1. The van der Waals surface area contributed by atoms with Crippen molar-refractivity contribution in [2.24, 2.45) is 0 Å². The van der Waals surface area contributed by atoms with E-state index in [1.165, 1.54) is 18.2 Å². The van der Waals surface area contributed by atoms with Crippen LogP contribution in [-0.2, 0) is 11.3 Å². The SMILES string of the molecule is Cc1onc(-c2c(F)cccc2Cl)c1C(=O)OCc1cn2ccccc2n1. The number of aromatic nitrogens is 3. The summed E-state index contributed by atoms with van der Waals surface area (Å²) in [6.45, 7) is 1.50. The maximum absolute atomic E-state index is 14.2. The minimum Gasteiger partial charge on any atom is -0.455 e. The molecule has 1 aromatic carbocycles. The zero-order valence-electron chi connectivity index (χ0n) is 14.1. The van der Waals surface area contributed by atoms with Crippen molar-refractivity contribution >= 4 is 23.2 Å². The Bertz CT molecular complexity index is 1100. The number of halogens is 2. The summed E-state index contributed by atoms with van der Waals surface area (Å²) in [7, 11) is 0. The summed E-state index contributed by atoms with van der Waals surface area (Å²) in [6.07, 6.45) is 3.60. The standard InChI is InChI=1S/C19H13ClFN3O3/c1-11-16(18(23-27-11)17-13(20)5-4-6-14(17)21)19(25)26-10-12-9-24-8-3-2-7-15(24)22-12/h2-9H,10H2,1H3. The summed E-state index contributed by atoms with van der Waals surface area (Å²) in [5.74, 6) is -1.09. The molecular formula is C19H13ClFN3O3. The molecule has 0 fully saturated rings. The highest BCUT2D eigenvalue weighted by Crippen LogP contribution is 2.33. The molecule has 0 bridgehead atoms. The van der Waals surface area contributed by atoms with Gasteiger partial charge in [-0.15, -0.1) is 0 Å². The fraction of sp³-hybridized carbons (Fsp3) is 0.105. The monoisotopic (exact) mass is 385 g/mol. The minimum atomic E-state index is -0.694. The highest BCUT2D eigenvalue weighted by atomic mass is 35.5. The van der Waals surface area contributed by atoms with Gasteiger partial charge in [-0.3, -0.25) is 0 Å². The number of fused-ring (bicyclic) bond motifs is 1. The van der Waals surface area contributed by atoms with Crippen LogP contribution in [0.15, 0.2) is 53.3 Å². The first kappa shape index (κ1) is 17.2. The van der Waals surface area contributed by atoms with E-state index in [1.807, 2.05) is 28.8 Å². The highest BCUT2D eigenvalue weighted by Gasteiger charge is 2.26. The fourth-order valence-corrected chi connectivity index (χ4v) is 3.03. The molecule has 4 aromatic rings. The van der Waals surface area contributed by atoms with E-state index in [0.29, 0.717) is 5.69 Å². The van der Waals surface area contributed by atoms with Crippen molar-refractivity contribution in [2.75, 3.05) is 0 Å². The summed E-state index contributed by atoms with van der Waals surface area (Å²) in [6, 6.07) is 9.79.